The molecule has 1 aromatic rings. The molecular weight excluding hydrogens is 263 g/mol. The van der Waals surface area contributed by atoms with Crippen molar-refractivity contribution in [1.82, 2.24) is 0 Å². The lowest BCUT2D eigenvalue weighted by Crippen LogP contribution is -1.99. The first-order chi connectivity index (χ1) is 8.99. The summed E-state index contributed by atoms with van der Waals surface area (Å²) >= 11 is 6.03. The van der Waals surface area contributed by atoms with Gasteiger partial charge in [-0.2, -0.15) is 5.26 Å². The molecule has 0 saturated heterocycles. The zero-order valence-electron chi connectivity index (χ0n) is 10.7. The van der Waals surface area contributed by atoms with Gasteiger partial charge in [-0.1, -0.05) is 24.3 Å². The molecule has 0 unspecified atom stereocenters. The SMILES string of the molecule is C=C/C(Cl)=C(\C)c1c(F)cc(C#N)c2c1CC(C)=N2. The first kappa shape index (κ1) is 13.5. The molecule has 96 valence electrons. The van der Waals surface area contributed by atoms with Gasteiger partial charge in [-0.05, 0) is 31.1 Å². The lowest BCUT2D eigenvalue weighted by Gasteiger charge is -2.12. The van der Waals surface area contributed by atoms with Crippen molar-refractivity contribution in [2.45, 2.75) is 20.3 Å². The highest BCUT2D eigenvalue weighted by Gasteiger charge is 2.24. The molecule has 0 saturated carbocycles. The van der Waals surface area contributed by atoms with E-state index in [1.165, 1.54) is 12.1 Å². The van der Waals surface area contributed by atoms with Crippen LogP contribution in [0, 0.1) is 17.1 Å². The highest BCUT2D eigenvalue weighted by molar-refractivity contribution is 6.34. The number of rotatable bonds is 2. The Morgan fingerprint density at radius 1 is 1.63 bits per heavy atom. The third-order valence-electron chi connectivity index (χ3n) is 3.12. The van der Waals surface area contributed by atoms with Gasteiger partial charge >= 0.3 is 0 Å². The second kappa shape index (κ2) is 4.99. The van der Waals surface area contributed by atoms with Gasteiger partial charge in [-0.25, -0.2) is 4.39 Å². The molecule has 1 heterocycles. The predicted molar refractivity (Wildman–Crippen MR) is 76.2 cm³/mol. The zero-order valence-corrected chi connectivity index (χ0v) is 11.5. The molecule has 0 amide bonds. The van der Waals surface area contributed by atoms with Crippen LogP contribution in [0.25, 0.3) is 5.57 Å². The number of nitrogens with zero attached hydrogens (tertiary/aromatic N) is 2. The minimum Gasteiger partial charge on any atom is -0.256 e. The van der Waals surface area contributed by atoms with Crippen LogP contribution in [0.2, 0.25) is 0 Å². The number of halogens is 2. The van der Waals surface area contributed by atoms with Gasteiger partial charge in [0, 0.05) is 22.7 Å². The summed E-state index contributed by atoms with van der Waals surface area (Å²) in [6.07, 6.45) is 2.01. The van der Waals surface area contributed by atoms with Crippen LogP contribution >= 0.6 is 11.6 Å². The van der Waals surface area contributed by atoms with Gasteiger partial charge in [-0.15, -0.1) is 0 Å². The Kier molecular flexibility index (Phi) is 3.55. The van der Waals surface area contributed by atoms with Gasteiger partial charge in [0.05, 0.1) is 11.3 Å². The molecule has 0 spiro atoms. The van der Waals surface area contributed by atoms with Crippen molar-refractivity contribution in [3.8, 4) is 6.07 Å². The molecule has 2 rings (SSSR count). The Hall–Kier alpha value is -1.92. The monoisotopic (exact) mass is 274 g/mol. The Bertz CT molecular complexity index is 678. The maximum absolute atomic E-state index is 14.2. The van der Waals surface area contributed by atoms with E-state index in [-0.39, 0.29) is 5.56 Å². The predicted octanol–water partition coefficient (Wildman–Crippen LogP) is 4.50. The average Bonchev–Trinajstić information content (AvgIpc) is 2.77. The second-order valence-corrected chi connectivity index (χ2v) is 4.83. The molecule has 4 heteroatoms. The fourth-order valence-electron chi connectivity index (χ4n) is 2.24. The highest BCUT2D eigenvalue weighted by atomic mass is 35.5. The van der Waals surface area contributed by atoms with Crippen molar-refractivity contribution in [2.24, 2.45) is 4.99 Å². The van der Waals surface area contributed by atoms with Gasteiger partial charge in [-0.3, -0.25) is 4.99 Å². The summed E-state index contributed by atoms with van der Waals surface area (Å²) in [6.45, 7) is 7.18. The van der Waals surface area contributed by atoms with E-state index < -0.39 is 5.82 Å². The molecule has 0 aliphatic carbocycles. The van der Waals surface area contributed by atoms with Crippen molar-refractivity contribution < 1.29 is 4.39 Å². The molecule has 1 aromatic carbocycles. The van der Waals surface area contributed by atoms with Gasteiger partial charge in [0.25, 0.3) is 0 Å². The Morgan fingerprint density at radius 3 is 2.89 bits per heavy atom. The van der Waals surface area contributed by atoms with Crippen LogP contribution in [-0.2, 0) is 6.42 Å². The third kappa shape index (κ3) is 2.20. The molecule has 0 atom stereocenters. The summed E-state index contributed by atoms with van der Waals surface area (Å²) in [5.41, 5.74) is 3.45. The Balaban J connectivity index is 2.79. The maximum atomic E-state index is 14.2. The van der Waals surface area contributed by atoms with Gasteiger partial charge in [0.1, 0.15) is 11.9 Å². The standard InChI is InChI=1S/C15H12ClFN2/c1-4-12(16)9(3)14-11-5-8(2)19-15(11)10(7-18)6-13(14)17/h4,6H,1,5H2,2-3H3/b12-9-. The molecule has 0 radical (unpaired) electrons. The van der Waals surface area contributed by atoms with E-state index in [1.807, 2.05) is 13.0 Å². The molecule has 0 fully saturated rings. The first-order valence-electron chi connectivity index (χ1n) is 5.78. The molecule has 0 aromatic heterocycles. The summed E-state index contributed by atoms with van der Waals surface area (Å²) in [5.74, 6) is -0.447. The second-order valence-electron chi connectivity index (χ2n) is 4.42. The molecule has 19 heavy (non-hydrogen) atoms. The number of allylic oxidation sites excluding steroid dienone is 3. The van der Waals surface area contributed by atoms with Crippen LogP contribution in [0.1, 0.15) is 30.5 Å². The van der Waals surface area contributed by atoms with Gasteiger partial charge in [0.15, 0.2) is 0 Å². The number of hydrogen-bond donors (Lipinski definition) is 0. The lowest BCUT2D eigenvalue weighted by molar-refractivity contribution is 0.622. The van der Waals surface area contributed by atoms with Crippen molar-refractivity contribution in [3.63, 3.8) is 0 Å². The van der Waals surface area contributed by atoms with Crippen LogP contribution < -0.4 is 0 Å². The van der Waals surface area contributed by atoms with Crippen molar-refractivity contribution >= 4 is 28.6 Å². The van der Waals surface area contributed by atoms with E-state index >= 15 is 0 Å². The number of nitriles is 1. The van der Waals surface area contributed by atoms with E-state index in [2.05, 4.69) is 11.6 Å². The Morgan fingerprint density at radius 2 is 2.32 bits per heavy atom. The van der Waals surface area contributed by atoms with Crippen LogP contribution in [0.3, 0.4) is 0 Å². The third-order valence-corrected chi connectivity index (χ3v) is 3.56. The van der Waals surface area contributed by atoms with Crippen LogP contribution in [0.5, 0.6) is 0 Å². The van der Waals surface area contributed by atoms with E-state index in [1.54, 1.807) is 6.92 Å². The smallest absolute Gasteiger partial charge is 0.132 e. The topological polar surface area (TPSA) is 36.1 Å². The molecule has 0 bridgehead atoms. The molecule has 1 aliphatic rings. The maximum Gasteiger partial charge on any atom is 0.132 e. The van der Waals surface area contributed by atoms with Crippen molar-refractivity contribution in [2.75, 3.05) is 0 Å². The highest BCUT2D eigenvalue weighted by Crippen LogP contribution is 2.39. The van der Waals surface area contributed by atoms with Crippen molar-refractivity contribution in [3.05, 3.63) is 46.3 Å². The van der Waals surface area contributed by atoms with E-state index in [9.17, 15) is 4.39 Å². The fraction of sp³-hybridized carbons (Fsp3) is 0.200. The largest absolute Gasteiger partial charge is 0.256 e. The van der Waals surface area contributed by atoms with Crippen LogP contribution in [-0.4, -0.2) is 5.71 Å². The van der Waals surface area contributed by atoms with E-state index in [0.29, 0.717) is 28.3 Å². The first-order valence-corrected chi connectivity index (χ1v) is 6.16. The summed E-state index contributed by atoms with van der Waals surface area (Å²) in [6, 6.07) is 3.20. The van der Waals surface area contributed by atoms with Crippen LogP contribution in [0.15, 0.2) is 28.7 Å². The quantitative estimate of drug-likeness (QED) is 0.731. The van der Waals surface area contributed by atoms with E-state index in [4.69, 9.17) is 16.9 Å². The van der Waals surface area contributed by atoms with Gasteiger partial charge in [0.2, 0.25) is 0 Å². The molecule has 1 aliphatic heterocycles. The summed E-state index contributed by atoms with van der Waals surface area (Å²) in [7, 11) is 0. The Labute approximate surface area is 116 Å². The number of benzene rings is 1. The minimum absolute atomic E-state index is 0.260. The van der Waals surface area contributed by atoms with Gasteiger partial charge < -0.3 is 0 Å². The summed E-state index contributed by atoms with van der Waals surface area (Å²) < 4.78 is 14.2. The molecule has 0 N–H and O–H groups in total. The van der Waals surface area contributed by atoms with Crippen molar-refractivity contribution in [1.29, 1.82) is 5.26 Å². The normalized spacial score (nSPS) is 14.4. The fourth-order valence-corrected chi connectivity index (χ4v) is 2.34. The summed E-state index contributed by atoms with van der Waals surface area (Å²) in [5, 5.41) is 9.46. The summed E-state index contributed by atoms with van der Waals surface area (Å²) in [4.78, 5) is 4.33. The average molecular weight is 275 g/mol. The number of hydrogen-bond acceptors (Lipinski definition) is 2. The number of aliphatic imine (C=N–C) groups is 1. The number of fused-ring (bicyclic) bond motifs is 1. The van der Waals surface area contributed by atoms with E-state index in [0.717, 1.165) is 11.3 Å². The zero-order chi connectivity index (χ0) is 14.2. The van der Waals surface area contributed by atoms with Crippen LogP contribution in [0.4, 0.5) is 10.1 Å². The molecule has 2 nitrogen and oxygen atoms in total. The molecular formula is C15H12ClFN2. The lowest BCUT2D eigenvalue weighted by atomic mass is 9.94. The minimum atomic E-state index is -0.447.